The van der Waals surface area contributed by atoms with E-state index in [-0.39, 0.29) is 18.1 Å². The zero-order chi connectivity index (χ0) is 24.8. The second-order valence-corrected chi connectivity index (χ2v) is 10.6. The number of carbonyl (C=O) groups excluding carboxylic acids is 2. The molecule has 0 aromatic heterocycles. The van der Waals surface area contributed by atoms with Crippen LogP contribution in [0.25, 0.3) is 0 Å². The van der Waals surface area contributed by atoms with Gasteiger partial charge in [0.05, 0.1) is 22.0 Å². The maximum atomic E-state index is 13.4. The van der Waals surface area contributed by atoms with Crippen LogP contribution in [0.2, 0.25) is 15.1 Å². The van der Waals surface area contributed by atoms with E-state index in [0.717, 1.165) is 17.0 Å². The lowest BCUT2D eigenvalue weighted by Crippen LogP contribution is -2.51. The number of hydrogen-bond acceptors (Lipinski definition) is 4. The number of carbonyl (C=O) groups is 2. The standard InChI is InChI=1S/C22H26Cl3N3O4S/c1-4-10-26-22(30)15(2)27(13-16-8-9-19(24)20(25)11-16)21(29)14-28(33(3,31)32)18-7-5-6-17(23)12-18/h5-9,11-12,15H,4,10,13-14H2,1-3H3,(H,26,30)/t15-/m0/s1. The summed E-state index contributed by atoms with van der Waals surface area (Å²) in [7, 11) is -3.82. The first-order chi connectivity index (χ1) is 15.4. The molecule has 1 N–H and O–H groups in total. The van der Waals surface area contributed by atoms with Gasteiger partial charge >= 0.3 is 0 Å². The van der Waals surface area contributed by atoms with Crippen LogP contribution in [0, 0.1) is 0 Å². The highest BCUT2D eigenvalue weighted by molar-refractivity contribution is 7.92. The fourth-order valence-electron chi connectivity index (χ4n) is 3.06. The molecular formula is C22H26Cl3N3O4S. The SMILES string of the molecule is CCCNC(=O)[C@H](C)N(Cc1ccc(Cl)c(Cl)c1)C(=O)CN(c1cccc(Cl)c1)S(C)(=O)=O. The first-order valence-electron chi connectivity index (χ1n) is 10.2. The van der Waals surface area contributed by atoms with Crippen molar-refractivity contribution in [3.8, 4) is 0 Å². The summed E-state index contributed by atoms with van der Waals surface area (Å²) in [6.45, 7) is 3.48. The molecule has 0 bridgehead atoms. The molecule has 33 heavy (non-hydrogen) atoms. The minimum Gasteiger partial charge on any atom is -0.354 e. The Labute approximate surface area is 209 Å². The van der Waals surface area contributed by atoms with E-state index in [0.29, 0.717) is 27.2 Å². The third-order valence-corrected chi connectivity index (χ3v) is 6.94. The largest absolute Gasteiger partial charge is 0.354 e. The Morgan fingerprint density at radius 3 is 2.33 bits per heavy atom. The summed E-state index contributed by atoms with van der Waals surface area (Å²) in [5, 5.41) is 3.76. The Kier molecular flexibility index (Phi) is 9.84. The Hall–Kier alpha value is -2.00. The summed E-state index contributed by atoms with van der Waals surface area (Å²) in [5.41, 5.74) is 0.887. The molecule has 11 heteroatoms. The molecule has 0 unspecified atom stereocenters. The van der Waals surface area contributed by atoms with Crippen molar-refractivity contribution >= 4 is 62.3 Å². The van der Waals surface area contributed by atoms with Gasteiger partial charge in [-0.3, -0.25) is 13.9 Å². The van der Waals surface area contributed by atoms with Gasteiger partial charge in [0.25, 0.3) is 0 Å². The fourth-order valence-corrected chi connectivity index (χ4v) is 4.40. The molecule has 2 aromatic rings. The average Bonchev–Trinajstić information content (AvgIpc) is 2.75. The maximum absolute atomic E-state index is 13.4. The Morgan fingerprint density at radius 1 is 1.06 bits per heavy atom. The molecule has 0 aliphatic carbocycles. The fraction of sp³-hybridized carbons (Fsp3) is 0.364. The molecule has 0 saturated carbocycles. The third kappa shape index (κ3) is 7.78. The summed E-state index contributed by atoms with van der Waals surface area (Å²) >= 11 is 18.1. The molecule has 2 aromatic carbocycles. The number of nitrogens with one attached hydrogen (secondary N) is 1. The summed E-state index contributed by atoms with van der Waals surface area (Å²) < 4.78 is 25.9. The molecule has 1 atom stereocenters. The summed E-state index contributed by atoms with van der Waals surface area (Å²) in [6, 6.07) is 10.2. The number of nitrogens with zero attached hydrogens (tertiary/aromatic N) is 2. The Bertz CT molecular complexity index is 1110. The number of amides is 2. The Morgan fingerprint density at radius 2 is 1.76 bits per heavy atom. The zero-order valence-electron chi connectivity index (χ0n) is 18.5. The van der Waals surface area contributed by atoms with E-state index in [1.54, 1.807) is 43.3 Å². The zero-order valence-corrected chi connectivity index (χ0v) is 21.6. The van der Waals surface area contributed by atoms with Gasteiger partial charge in [-0.05, 0) is 49.2 Å². The van der Waals surface area contributed by atoms with Gasteiger partial charge in [-0.15, -0.1) is 0 Å². The molecular weight excluding hydrogens is 509 g/mol. The van der Waals surface area contributed by atoms with Crippen LogP contribution in [0.15, 0.2) is 42.5 Å². The van der Waals surface area contributed by atoms with Crippen molar-refractivity contribution in [3.63, 3.8) is 0 Å². The number of halogens is 3. The number of benzene rings is 2. The van der Waals surface area contributed by atoms with Gasteiger partial charge in [-0.25, -0.2) is 8.42 Å². The van der Waals surface area contributed by atoms with Gasteiger partial charge < -0.3 is 10.2 Å². The summed E-state index contributed by atoms with van der Waals surface area (Å²) in [4.78, 5) is 27.4. The lowest BCUT2D eigenvalue weighted by molar-refractivity contribution is -0.139. The van der Waals surface area contributed by atoms with Crippen molar-refractivity contribution in [2.45, 2.75) is 32.9 Å². The van der Waals surface area contributed by atoms with Gasteiger partial charge in [0.2, 0.25) is 21.8 Å². The van der Waals surface area contributed by atoms with Crippen molar-refractivity contribution in [1.82, 2.24) is 10.2 Å². The smallest absolute Gasteiger partial charge is 0.244 e. The number of anilines is 1. The molecule has 2 amide bonds. The van der Waals surface area contributed by atoms with Crippen molar-refractivity contribution in [1.29, 1.82) is 0 Å². The van der Waals surface area contributed by atoms with E-state index in [1.165, 1.54) is 11.0 Å². The molecule has 180 valence electrons. The van der Waals surface area contributed by atoms with Crippen LogP contribution in [0.1, 0.15) is 25.8 Å². The molecule has 0 aliphatic heterocycles. The predicted octanol–water partition coefficient (Wildman–Crippen LogP) is 4.36. The normalized spacial score (nSPS) is 12.2. The predicted molar refractivity (Wildman–Crippen MR) is 133 cm³/mol. The molecule has 0 radical (unpaired) electrons. The highest BCUT2D eigenvalue weighted by Gasteiger charge is 2.30. The van der Waals surface area contributed by atoms with E-state index < -0.39 is 28.5 Å². The second kappa shape index (κ2) is 11.9. The highest BCUT2D eigenvalue weighted by Crippen LogP contribution is 2.25. The number of sulfonamides is 1. The summed E-state index contributed by atoms with van der Waals surface area (Å²) in [5.74, 6) is -0.912. The van der Waals surface area contributed by atoms with Gasteiger partial charge in [0, 0.05) is 18.1 Å². The molecule has 0 fully saturated rings. The molecule has 7 nitrogen and oxygen atoms in total. The van der Waals surface area contributed by atoms with Crippen LogP contribution >= 0.6 is 34.8 Å². The number of hydrogen-bond donors (Lipinski definition) is 1. The van der Waals surface area contributed by atoms with Crippen molar-refractivity contribution in [2.24, 2.45) is 0 Å². The van der Waals surface area contributed by atoms with Gasteiger partial charge in [0.15, 0.2) is 0 Å². The van der Waals surface area contributed by atoms with Gasteiger partial charge in [-0.1, -0.05) is 53.9 Å². The van der Waals surface area contributed by atoms with E-state index in [2.05, 4.69) is 5.32 Å². The van der Waals surface area contributed by atoms with Crippen molar-refractivity contribution < 1.29 is 18.0 Å². The van der Waals surface area contributed by atoms with Crippen LogP contribution in [0.5, 0.6) is 0 Å². The van der Waals surface area contributed by atoms with Crippen molar-refractivity contribution in [3.05, 3.63) is 63.1 Å². The van der Waals surface area contributed by atoms with Crippen LogP contribution in [-0.4, -0.2) is 50.5 Å². The molecule has 0 heterocycles. The molecule has 0 aliphatic rings. The first kappa shape index (κ1) is 27.2. The summed E-state index contributed by atoms with van der Waals surface area (Å²) in [6.07, 6.45) is 1.73. The van der Waals surface area contributed by atoms with E-state index >= 15 is 0 Å². The minimum atomic E-state index is -3.82. The van der Waals surface area contributed by atoms with Gasteiger partial charge in [0.1, 0.15) is 12.6 Å². The van der Waals surface area contributed by atoms with Crippen LogP contribution in [0.3, 0.4) is 0 Å². The van der Waals surface area contributed by atoms with Crippen molar-refractivity contribution in [2.75, 3.05) is 23.7 Å². The topological polar surface area (TPSA) is 86.8 Å². The average molecular weight is 535 g/mol. The highest BCUT2D eigenvalue weighted by atomic mass is 35.5. The van der Waals surface area contributed by atoms with Crippen LogP contribution in [-0.2, 0) is 26.2 Å². The molecule has 2 rings (SSSR count). The monoisotopic (exact) mass is 533 g/mol. The van der Waals surface area contributed by atoms with Gasteiger partial charge in [-0.2, -0.15) is 0 Å². The maximum Gasteiger partial charge on any atom is 0.244 e. The quantitative estimate of drug-likeness (QED) is 0.491. The van der Waals surface area contributed by atoms with Crippen LogP contribution in [0.4, 0.5) is 5.69 Å². The van der Waals surface area contributed by atoms with E-state index in [4.69, 9.17) is 34.8 Å². The Balaban J connectivity index is 2.39. The number of rotatable bonds is 10. The van der Waals surface area contributed by atoms with E-state index in [1.807, 2.05) is 6.92 Å². The van der Waals surface area contributed by atoms with E-state index in [9.17, 15) is 18.0 Å². The van der Waals surface area contributed by atoms with Crippen LogP contribution < -0.4 is 9.62 Å². The third-order valence-electron chi connectivity index (χ3n) is 4.83. The lowest BCUT2D eigenvalue weighted by atomic mass is 10.1. The molecule has 0 saturated heterocycles. The second-order valence-electron chi connectivity index (χ2n) is 7.49. The molecule has 0 spiro atoms. The lowest BCUT2D eigenvalue weighted by Gasteiger charge is -2.31. The minimum absolute atomic E-state index is 0.0313. The first-order valence-corrected chi connectivity index (χ1v) is 13.2.